The van der Waals surface area contributed by atoms with Crippen molar-refractivity contribution in [1.29, 1.82) is 0 Å². The maximum Gasteiger partial charge on any atom is 0.277 e. The zero-order chi connectivity index (χ0) is 16.5. The molecule has 2 N–H and O–H groups in total. The first-order chi connectivity index (χ1) is 11.7. The molecule has 4 rings (SSSR count). The summed E-state index contributed by atoms with van der Waals surface area (Å²) >= 11 is 5.97. The van der Waals surface area contributed by atoms with Gasteiger partial charge in [0.1, 0.15) is 0 Å². The van der Waals surface area contributed by atoms with Gasteiger partial charge in [-0.1, -0.05) is 35.0 Å². The summed E-state index contributed by atoms with van der Waals surface area (Å²) in [6, 6.07) is 16.3. The molecule has 0 spiro atoms. The Morgan fingerprint density at radius 1 is 1.12 bits per heavy atom. The topological polar surface area (TPSA) is 70.9 Å². The standard InChI is InChI=1S/C18H12ClN3O2/c19-12-4-1-3-11(9-12)17-10-16(22-24-17)18(23)21-15-6-2-5-14-13(15)7-8-20-14/h1-10,20H,(H,21,23). The highest BCUT2D eigenvalue weighted by atomic mass is 35.5. The minimum Gasteiger partial charge on any atom is -0.361 e. The molecule has 0 saturated heterocycles. The molecule has 0 atom stereocenters. The van der Waals surface area contributed by atoms with Crippen molar-refractivity contribution in [2.45, 2.75) is 0 Å². The lowest BCUT2D eigenvalue weighted by Gasteiger charge is -2.04. The van der Waals surface area contributed by atoms with Gasteiger partial charge < -0.3 is 14.8 Å². The van der Waals surface area contributed by atoms with Crippen LogP contribution in [0.25, 0.3) is 22.2 Å². The number of halogens is 1. The third-order valence-electron chi connectivity index (χ3n) is 3.70. The Kier molecular flexibility index (Phi) is 3.55. The molecule has 0 bridgehead atoms. The average Bonchev–Trinajstić information content (AvgIpc) is 3.25. The molecule has 5 nitrogen and oxygen atoms in total. The maximum atomic E-state index is 12.4. The number of aromatic amines is 1. The average molecular weight is 338 g/mol. The predicted molar refractivity (Wildman–Crippen MR) is 93.2 cm³/mol. The number of benzene rings is 2. The molecule has 1 amide bonds. The molecule has 6 heteroatoms. The van der Waals surface area contributed by atoms with Gasteiger partial charge in [-0.15, -0.1) is 0 Å². The highest BCUT2D eigenvalue weighted by Crippen LogP contribution is 2.25. The number of amides is 1. The normalized spacial score (nSPS) is 10.9. The van der Waals surface area contributed by atoms with Crippen molar-refractivity contribution in [3.05, 3.63) is 71.5 Å². The van der Waals surface area contributed by atoms with Crippen molar-refractivity contribution >= 4 is 34.1 Å². The highest BCUT2D eigenvalue weighted by Gasteiger charge is 2.15. The Labute approximate surface area is 142 Å². The SMILES string of the molecule is O=C(Nc1cccc2[nH]ccc12)c1cc(-c2cccc(Cl)c2)on1. The summed E-state index contributed by atoms with van der Waals surface area (Å²) in [5.41, 5.74) is 2.64. The molecule has 0 aliphatic rings. The van der Waals surface area contributed by atoms with Crippen LogP contribution in [-0.2, 0) is 0 Å². The number of nitrogens with zero attached hydrogens (tertiary/aromatic N) is 1. The molecule has 0 unspecified atom stereocenters. The van der Waals surface area contributed by atoms with Gasteiger partial charge in [0.2, 0.25) is 0 Å². The number of hydrogen-bond donors (Lipinski definition) is 2. The second kappa shape index (κ2) is 5.86. The second-order valence-corrected chi connectivity index (χ2v) is 5.72. The number of H-pyrrole nitrogens is 1. The van der Waals surface area contributed by atoms with Crippen LogP contribution in [0.3, 0.4) is 0 Å². The number of aromatic nitrogens is 2. The van der Waals surface area contributed by atoms with E-state index >= 15 is 0 Å². The first-order valence-electron chi connectivity index (χ1n) is 7.31. The Morgan fingerprint density at radius 3 is 2.88 bits per heavy atom. The molecule has 0 radical (unpaired) electrons. The van der Waals surface area contributed by atoms with Gasteiger partial charge in [0.05, 0.1) is 5.69 Å². The van der Waals surface area contributed by atoms with E-state index in [2.05, 4.69) is 15.5 Å². The van der Waals surface area contributed by atoms with Crippen LogP contribution in [0.15, 0.2) is 65.3 Å². The van der Waals surface area contributed by atoms with Gasteiger partial charge in [-0.2, -0.15) is 0 Å². The fourth-order valence-electron chi connectivity index (χ4n) is 2.54. The number of rotatable bonds is 3. The molecule has 2 aromatic heterocycles. The first-order valence-corrected chi connectivity index (χ1v) is 7.68. The van der Waals surface area contributed by atoms with Crippen LogP contribution >= 0.6 is 11.6 Å². The highest BCUT2D eigenvalue weighted by molar-refractivity contribution is 6.30. The van der Waals surface area contributed by atoms with Crippen LogP contribution < -0.4 is 5.32 Å². The molecule has 2 heterocycles. The smallest absolute Gasteiger partial charge is 0.277 e. The lowest BCUT2D eigenvalue weighted by Crippen LogP contribution is -2.12. The van der Waals surface area contributed by atoms with E-state index in [9.17, 15) is 4.79 Å². The van der Waals surface area contributed by atoms with E-state index in [1.807, 2.05) is 42.6 Å². The van der Waals surface area contributed by atoms with Crippen molar-refractivity contribution in [2.75, 3.05) is 5.32 Å². The minimum absolute atomic E-state index is 0.206. The van der Waals surface area contributed by atoms with Crippen molar-refractivity contribution in [3.8, 4) is 11.3 Å². The number of carbonyl (C=O) groups excluding carboxylic acids is 1. The molecule has 24 heavy (non-hydrogen) atoms. The summed E-state index contributed by atoms with van der Waals surface area (Å²) in [5.74, 6) is 0.156. The predicted octanol–water partition coefficient (Wildman–Crippen LogP) is 4.73. The number of nitrogens with one attached hydrogen (secondary N) is 2. The number of anilines is 1. The van der Waals surface area contributed by atoms with Gasteiger partial charge in [0.15, 0.2) is 11.5 Å². The molecule has 4 aromatic rings. The lowest BCUT2D eigenvalue weighted by atomic mass is 10.1. The molecule has 0 aliphatic carbocycles. The van der Waals surface area contributed by atoms with Crippen molar-refractivity contribution < 1.29 is 9.32 Å². The third-order valence-corrected chi connectivity index (χ3v) is 3.93. The summed E-state index contributed by atoms with van der Waals surface area (Å²) < 4.78 is 5.26. The van der Waals surface area contributed by atoms with Gasteiger partial charge in [-0.25, -0.2) is 0 Å². The molecular formula is C18H12ClN3O2. The zero-order valence-electron chi connectivity index (χ0n) is 12.4. The van der Waals surface area contributed by atoms with E-state index in [0.717, 1.165) is 16.5 Å². The van der Waals surface area contributed by atoms with Crippen LogP contribution in [0.4, 0.5) is 5.69 Å². The molecule has 118 valence electrons. The van der Waals surface area contributed by atoms with Gasteiger partial charge in [-0.05, 0) is 30.3 Å². The van der Waals surface area contributed by atoms with E-state index in [0.29, 0.717) is 16.5 Å². The number of hydrogen-bond acceptors (Lipinski definition) is 3. The monoisotopic (exact) mass is 337 g/mol. The maximum absolute atomic E-state index is 12.4. The summed E-state index contributed by atoms with van der Waals surface area (Å²) in [7, 11) is 0. The van der Waals surface area contributed by atoms with E-state index in [1.165, 1.54) is 0 Å². The van der Waals surface area contributed by atoms with Crippen LogP contribution in [0.1, 0.15) is 10.5 Å². The van der Waals surface area contributed by atoms with E-state index in [4.69, 9.17) is 16.1 Å². The Morgan fingerprint density at radius 2 is 2.00 bits per heavy atom. The van der Waals surface area contributed by atoms with Gasteiger partial charge >= 0.3 is 0 Å². The summed E-state index contributed by atoms with van der Waals surface area (Å²) in [5, 5.41) is 8.23. The molecular weight excluding hydrogens is 326 g/mol. The fraction of sp³-hybridized carbons (Fsp3) is 0. The lowest BCUT2D eigenvalue weighted by molar-refractivity contribution is 0.101. The van der Waals surface area contributed by atoms with E-state index in [-0.39, 0.29) is 11.6 Å². The van der Waals surface area contributed by atoms with Crippen molar-refractivity contribution in [3.63, 3.8) is 0 Å². The van der Waals surface area contributed by atoms with Crippen LogP contribution in [-0.4, -0.2) is 16.0 Å². The Bertz CT molecular complexity index is 1040. The van der Waals surface area contributed by atoms with Crippen LogP contribution in [0, 0.1) is 0 Å². The quantitative estimate of drug-likeness (QED) is 0.567. The van der Waals surface area contributed by atoms with Gasteiger partial charge in [0.25, 0.3) is 5.91 Å². The molecule has 0 saturated carbocycles. The van der Waals surface area contributed by atoms with E-state index < -0.39 is 0 Å². The molecule has 2 aromatic carbocycles. The first kappa shape index (κ1) is 14.5. The minimum atomic E-state index is -0.333. The number of fused-ring (bicyclic) bond motifs is 1. The largest absolute Gasteiger partial charge is 0.361 e. The zero-order valence-corrected chi connectivity index (χ0v) is 13.2. The second-order valence-electron chi connectivity index (χ2n) is 5.29. The van der Waals surface area contributed by atoms with Gasteiger partial charge in [-0.3, -0.25) is 4.79 Å². The molecule has 0 fully saturated rings. The third kappa shape index (κ3) is 2.66. The summed E-state index contributed by atoms with van der Waals surface area (Å²) in [4.78, 5) is 15.5. The van der Waals surface area contributed by atoms with Crippen LogP contribution in [0.2, 0.25) is 5.02 Å². The van der Waals surface area contributed by atoms with Crippen molar-refractivity contribution in [2.24, 2.45) is 0 Å². The fourth-order valence-corrected chi connectivity index (χ4v) is 2.73. The summed E-state index contributed by atoms with van der Waals surface area (Å²) in [6.45, 7) is 0. The number of carbonyl (C=O) groups is 1. The van der Waals surface area contributed by atoms with Crippen LogP contribution in [0.5, 0.6) is 0 Å². The molecule has 0 aliphatic heterocycles. The van der Waals surface area contributed by atoms with Crippen molar-refractivity contribution in [1.82, 2.24) is 10.1 Å². The van der Waals surface area contributed by atoms with Gasteiger partial charge in [0, 0.05) is 33.8 Å². The van der Waals surface area contributed by atoms with E-state index in [1.54, 1.807) is 18.2 Å². The Balaban J connectivity index is 1.60. The Hall–Kier alpha value is -3.05. The summed E-state index contributed by atoms with van der Waals surface area (Å²) in [6.07, 6.45) is 1.83.